The summed E-state index contributed by atoms with van der Waals surface area (Å²) >= 11 is 0. The monoisotopic (exact) mass is 612 g/mol. The van der Waals surface area contributed by atoms with Crippen LogP contribution in [0.5, 0.6) is 0 Å². The number of ether oxygens (including phenoxy) is 3. The lowest BCUT2D eigenvalue weighted by Gasteiger charge is -2.25. The minimum absolute atomic E-state index is 0. The van der Waals surface area contributed by atoms with Gasteiger partial charge in [0.05, 0.1) is 32.8 Å². The molecule has 227 valence electrons. The number of esters is 2. The molecule has 43 heavy (non-hydrogen) atoms. The van der Waals surface area contributed by atoms with Gasteiger partial charge in [-0.2, -0.15) is 5.26 Å². The van der Waals surface area contributed by atoms with E-state index in [4.69, 9.17) is 28.5 Å². The molecule has 1 unspecified atom stereocenters. The summed E-state index contributed by atoms with van der Waals surface area (Å²) in [5.74, 6) is -1.09. The molecule has 0 spiro atoms. The Morgan fingerprint density at radius 1 is 1.28 bits per heavy atom. The highest BCUT2D eigenvalue weighted by Crippen LogP contribution is 2.38. The maximum Gasteiger partial charge on any atom is 0.330 e. The number of aromatic amines is 2. The van der Waals surface area contributed by atoms with Crippen molar-refractivity contribution in [3.05, 3.63) is 68.6 Å². The van der Waals surface area contributed by atoms with Crippen LogP contribution in [-0.2, 0) is 39.3 Å². The molecule has 1 aliphatic rings. The molecule has 16 heteroatoms. The normalized spacial score (nSPS) is 19.3. The number of aromatic nitrogens is 3. The van der Waals surface area contributed by atoms with E-state index < -0.39 is 56.2 Å². The fourth-order valence-corrected chi connectivity index (χ4v) is 5.77. The number of rotatable bonds is 13. The minimum atomic E-state index is -1.96. The molecule has 2 aromatic heterocycles. The first-order chi connectivity index (χ1) is 20.2. The molecule has 0 amide bonds. The second-order valence-corrected chi connectivity index (χ2v) is 10.8. The van der Waals surface area contributed by atoms with Crippen LogP contribution in [0.4, 0.5) is 0 Å². The number of carbonyl (C=O) groups excluding carboxylic acids is 2. The summed E-state index contributed by atoms with van der Waals surface area (Å²) in [4.78, 5) is 54.3. The van der Waals surface area contributed by atoms with Gasteiger partial charge in [0.25, 0.3) is 14.1 Å². The number of hydrogen-bond donors (Lipinski definition) is 3. The number of H-pyrrole nitrogens is 2. The van der Waals surface area contributed by atoms with Gasteiger partial charge in [0.2, 0.25) is 0 Å². The number of nitrogens with zero attached hydrogens (tertiary/aromatic N) is 2. The Hall–Kier alpha value is -3.80. The van der Waals surface area contributed by atoms with E-state index in [1.54, 1.807) is 6.92 Å². The van der Waals surface area contributed by atoms with Crippen LogP contribution in [0, 0.1) is 18.3 Å². The van der Waals surface area contributed by atoms with Crippen molar-refractivity contribution in [1.82, 2.24) is 19.6 Å². The van der Waals surface area contributed by atoms with Crippen molar-refractivity contribution in [3.63, 3.8) is 0 Å². The summed E-state index contributed by atoms with van der Waals surface area (Å²) in [6.07, 6.45) is 1.25. The van der Waals surface area contributed by atoms with Gasteiger partial charge >= 0.3 is 17.6 Å². The molecule has 5 atom stereocenters. The quantitative estimate of drug-likeness (QED) is 0.110. The summed E-state index contributed by atoms with van der Waals surface area (Å²) in [5.41, 5.74) is 0.926. The largest absolute Gasteiger partial charge is 0.468 e. The van der Waals surface area contributed by atoms with E-state index in [0.29, 0.717) is 5.56 Å². The third-order valence-electron chi connectivity index (χ3n) is 6.58. The molecule has 1 saturated heterocycles. The van der Waals surface area contributed by atoms with Gasteiger partial charge in [-0.1, -0.05) is 18.2 Å². The van der Waals surface area contributed by atoms with Crippen LogP contribution < -0.4 is 16.3 Å². The van der Waals surface area contributed by atoms with Crippen LogP contribution >= 0.6 is 8.53 Å². The highest BCUT2D eigenvalue weighted by atomic mass is 31.2. The standard InChI is InChI=1S/C27H32N5O9P.B/c1-16-14-32(27(36)30-25(16)34)24-12-22(40-17(2)33)23(41-24)15-39-42(38-10-6-9-28)31-21(26(35)37-3)11-18-13-29-20-8-5-4-7-19(18)20;/h4-5,7-8,13-14,21-24,29,31H,6,10-12,15H2,1-3H3,(H,30,34,36);/t21-,22-,23+,24+,42?;/m0./s1. The predicted octanol–water partition coefficient (Wildman–Crippen LogP) is 1.71. The molecule has 0 aliphatic carbocycles. The van der Waals surface area contributed by atoms with Crippen LogP contribution in [0.25, 0.3) is 10.9 Å². The Kier molecular flexibility index (Phi) is 12.2. The van der Waals surface area contributed by atoms with Crippen molar-refractivity contribution in [3.8, 4) is 6.07 Å². The summed E-state index contributed by atoms with van der Waals surface area (Å²) in [6.45, 7) is 2.70. The first-order valence-electron chi connectivity index (χ1n) is 13.2. The molecule has 1 fully saturated rings. The van der Waals surface area contributed by atoms with Crippen LogP contribution in [0.3, 0.4) is 0 Å². The molecule has 4 rings (SSSR count). The lowest BCUT2D eigenvalue weighted by atomic mass is 10.1. The van der Waals surface area contributed by atoms with Gasteiger partial charge < -0.3 is 28.2 Å². The summed E-state index contributed by atoms with van der Waals surface area (Å²) in [5, 5.41) is 13.0. The average Bonchev–Trinajstić information content (AvgIpc) is 3.56. The topological polar surface area (TPSA) is 187 Å². The number of para-hydroxylation sites is 1. The Bertz CT molecular complexity index is 1570. The first-order valence-corrected chi connectivity index (χ1v) is 14.3. The Balaban J connectivity index is 0.00000506. The highest BCUT2D eigenvalue weighted by Gasteiger charge is 2.40. The van der Waals surface area contributed by atoms with Crippen molar-refractivity contribution in [2.45, 2.75) is 57.6 Å². The van der Waals surface area contributed by atoms with Gasteiger partial charge in [0.1, 0.15) is 24.5 Å². The van der Waals surface area contributed by atoms with E-state index in [-0.39, 0.29) is 40.9 Å². The molecule has 3 radical (unpaired) electrons. The second-order valence-electron chi connectivity index (χ2n) is 9.55. The SMILES string of the molecule is COC(=O)[C@H](Cc1c[nH]c2ccccc12)NP(OCCC#N)OC[C@H]1O[C@@H](n2cc(C)c(=O)[nH]c2=O)C[C@@H]1OC(C)=O.[B]. The number of fused-ring (bicyclic) bond motifs is 1. The van der Waals surface area contributed by atoms with E-state index in [1.807, 2.05) is 36.5 Å². The zero-order valence-electron chi connectivity index (χ0n) is 23.9. The summed E-state index contributed by atoms with van der Waals surface area (Å²) in [7, 11) is -0.683. The Morgan fingerprint density at radius 2 is 2.05 bits per heavy atom. The van der Waals surface area contributed by atoms with Crippen molar-refractivity contribution in [2.24, 2.45) is 0 Å². The summed E-state index contributed by atoms with van der Waals surface area (Å²) in [6, 6.07) is 8.82. The zero-order chi connectivity index (χ0) is 30.2. The van der Waals surface area contributed by atoms with Crippen LogP contribution in [0.2, 0.25) is 0 Å². The molecule has 3 aromatic rings. The molecule has 1 aromatic carbocycles. The molecule has 3 heterocycles. The van der Waals surface area contributed by atoms with Crippen molar-refractivity contribution in [2.75, 3.05) is 20.3 Å². The van der Waals surface area contributed by atoms with Crippen LogP contribution in [-0.4, -0.2) is 73.5 Å². The van der Waals surface area contributed by atoms with Crippen LogP contribution in [0.1, 0.15) is 37.1 Å². The van der Waals surface area contributed by atoms with Crippen molar-refractivity contribution >= 4 is 39.8 Å². The number of nitrogens with one attached hydrogen (secondary N) is 3. The van der Waals surface area contributed by atoms with Crippen LogP contribution in [0.15, 0.2) is 46.2 Å². The van der Waals surface area contributed by atoms with Crippen molar-refractivity contribution < 1.29 is 32.8 Å². The van der Waals surface area contributed by atoms with E-state index >= 15 is 0 Å². The molecule has 3 N–H and O–H groups in total. The van der Waals surface area contributed by atoms with Gasteiger partial charge in [0, 0.05) is 57.0 Å². The lowest BCUT2D eigenvalue weighted by molar-refractivity contribution is -0.150. The molecular weight excluding hydrogens is 580 g/mol. The first kappa shape index (κ1) is 33.7. The number of nitriles is 1. The van der Waals surface area contributed by atoms with Gasteiger partial charge in [0.15, 0.2) is 0 Å². The third-order valence-corrected chi connectivity index (χ3v) is 7.90. The van der Waals surface area contributed by atoms with Gasteiger partial charge in [-0.15, -0.1) is 0 Å². The number of aryl methyl sites for hydroxylation is 1. The van der Waals surface area contributed by atoms with E-state index in [0.717, 1.165) is 16.5 Å². The lowest BCUT2D eigenvalue weighted by Crippen LogP contribution is -2.38. The van der Waals surface area contributed by atoms with Crippen molar-refractivity contribution in [1.29, 1.82) is 5.26 Å². The minimum Gasteiger partial charge on any atom is -0.468 e. The van der Waals surface area contributed by atoms with E-state index in [9.17, 15) is 19.2 Å². The molecular formula is C27H32BN5O9P. The zero-order valence-corrected chi connectivity index (χ0v) is 24.8. The smallest absolute Gasteiger partial charge is 0.330 e. The maximum atomic E-state index is 12.8. The predicted molar refractivity (Wildman–Crippen MR) is 156 cm³/mol. The molecule has 14 nitrogen and oxygen atoms in total. The number of benzene rings is 1. The summed E-state index contributed by atoms with van der Waals surface area (Å²) < 4.78 is 29.5. The fourth-order valence-electron chi connectivity index (χ4n) is 4.56. The van der Waals surface area contributed by atoms with Gasteiger partial charge in [-0.05, 0) is 18.6 Å². The number of hydrogen-bond acceptors (Lipinski definition) is 11. The third kappa shape index (κ3) is 8.62. The molecule has 0 bridgehead atoms. The number of methoxy groups -OCH3 is 1. The second kappa shape index (κ2) is 15.6. The van der Waals surface area contributed by atoms with Gasteiger partial charge in [-0.25, -0.2) is 9.88 Å². The van der Waals surface area contributed by atoms with E-state index in [2.05, 4.69) is 15.1 Å². The van der Waals surface area contributed by atoms with Gasteiger partial charge in [-0.3, -0.25) is 23.9 Å². The number of carbonyl (C=O) groups is 2. The highest BCUT2D eigenvalue weighted by molar-refractivity contribution is 7.45. The Labute approximate surface area is 250 Å². The molecule has 0 saturated carbocycles. The molecule has 1 aliphatic heterocycles. The average molecular weight is 612 g/mol. The Morgan fingerprint density at radius 3 is 2.77 bits per heavy atom. The fraction of sp³-hybridized carbons (Fsp3) is 0.444. The van der Waals surface area contributed by atoms with E-state index in [1.165, 1.54) is 24.8 Å². The maximum absolute atomic E-state index is 12.8.